The Morgan fingerprint density at radius 1 is 1.36 bits per heavy atom. The Hall–Kier alpha value is -0.940. The normalized spacial score (nSPS) is 12.6. The molecule has 0 radical (unpaired) electrons. The molecule has 5 heteroatoms. The number of hydrogen-bond acceptors (Lipinski definition) is 4. The van der Waals surface area contributed by atoms with Crippen molar-refractivity contribution in [3.63, 3.8) is 0 Å². The van der Waals surface area contributed by atoms with Crippen LogP contribution in [0.25, 0.3) is 0 Å². The molecule has 1 unspecified atom stereocenters. The van der Waals surface area contributed by atoms with Gasteiger partial charge in [-0.1, -0.05) is 13.8 Å². The van der Waals surface area contributed by atoms with E-state index in [9.17, 15) is 9.59 Å². The molecule has 14 heavy (non-hydrogen) atoms. The Morgan fingerprint density at radius 3 is 2.36 bits per heavy atom. The molecule has 2 amide bonds. The summed E-state index contributed by atoms with van der Waals surface area (Å²) in [5.41, 5.74) is 10.8. The highest BCUT2D eigenvalue weighted by molar-refractivity contribution is 5.97. The van der Waals surface area contributed by atoms with E-state index in [0.29, 0.717) is 13.0 Å². The topological polar surface area (TPSA) is 98.2 Å². The zero-order chi connectivity index (χ0) is 11.1. The largest absolute Gasteiger partial charge is 0.330 e. The number of rotatable bonds is 5. The maximum absolute atomic E-state index is 11.3. The highest BCUT2D eigenvalue weighted by Gasteiger charge is 2.18. The molecule has 0 aliphatic carbocycles. The van der Waals surface area contributed by atoms with Crippen LogP contribution < -0.4 is 16.8 Å². The van der Waals surface area contributed by atoms with Gasteiger partial charge < -0.3 is 11.5 Å². The van der Waals surface area contributed by atoms with Crippen molar-refractivity contribution in [2.24, 2.45) is 17.4 Å². The number of nitrogens with two attached hydrogens (primary N) is 2. The molecule has 0 saturated carbocycles. The molecule has 0 rings (SSSR count). The van der Waals surface area contributed by atoms with E-state index in [2.05, 4.69) is 5.32 Å². The monoisotopic (exact) mass is 201 g/mol. The first-order chi connectivity index (χ1) is 6.49. The summed E-state index contributed by atoms with van der Waals surface area (Å²) >= 11 is 0. The first kappa shape index (κ1) is 13.1. The van der Waals surface area contributed by atoms with Gasteiger partial charge in [0.2, 0.25) is 11.8 Å². The molecule has 0 spiro atoms. The van der Waals surface area contributed by atoms with E-state index in [1.165, 1.54) is 0 Å². The molecule has 1 atom stereocenters. The van der Waals surface area contributed by atoms with Gasteiger partial charge in [-0.2, -0.15) is 0 Å². The number of imide groups is 1. The lowest BCUT2D eigenvalue weighted by Gasteiger charge is -2.14. The molecule has 0 aliphatic heterocycles. The zero-order valence-corrected chi connectivity index (χ0v) is 8.75. The first-order valence-electron chi connectivity index (χ1n) is 4.78. The third-order valence-electron chi connectivity index (χ3n) is 1.89. The average Bonchev–Trinajstić information content (AvgIpc) is 2.13. The van der Waals surface area contributed by atoms with Gasteiger partial charge in [-0.05, 0) is 18.9 Å². The summed E-state index contributed by atoms with van der Waals surface area (Å²) in [4.78, 5) is 22.4. The van der Waals surface area contributed by atoms with E-state index < -0.39 is 11.9 Å². The Bertz CT molecular complexity index is 204. The molecular weight excluding hydrogens is 182 g/mol. The molecule has 0 saturated heterocycles. The number of hydrogen-bond donors (Lipinski definition) is 3. The Kier molecular flexibility index (Phi) is 6.07. The molecule has 0 bridgehead atoms. The van der Waals surface area contributed by atoms with Gasteiger partial charge in [0.05, 0.1) is 6.04 Å². The third kappa shape index (κ3) is 4.94. The van der Waals surface area contributed by atoms with Crippen molar-refractivity contribution in [2.75, 3.05) is 6.54 Å². The molecule has 0 fully saturated rings. The highest BCUT2D eigenvalue weighted by atomic mass is 16.2. The SMILES string of the molecule is CC(C)C(N)C(=O)NC(=O)CCCN. The van der Waals surface area contributed by atoms with Gasteiger partial charge in [0.25, 0.3) is 0 Å². The van der Waals surface area contributed by atoms with E-state index >= 15 is 0 Å². The summed E-state index contributed by atoms with van der Waals surface area (Å²) in [6, 6.07) is -0.628. The Morgan fingerprint density at radius 2 is 1.93 bits per heavy atom. The fraction of sp³-hybridized carbons (Fsp3) is 0.778. The maximum atomic E-state index is 11.3. The van der Waals surface area contributed by atoms with E-state index in [1.54, 1.807) is 0 Å². The second-order valence-electron chi connectivity index (χ2n) is 3.57. The minimum absolute atomic E-state index is 0.0253. The Labute approximate surface area is 84.2 Å². The van der Waals surface area contributed by atoms with Crippen LogP contribution in [-0.4, -0.2) is 24.4 Å². The first-order valence-corrected chi connectivity index (χ1v) is 4.78. The second-order valence-corrected chi connectivity index (χ2v) is 3.57. The summed E-state index contributed by atoms with van der Waals surface area (Å²) < 4.78 is 0. The van der Waals surface area contributed by atoms with Crippen LogP contribution in [0.1, 0.15) is 26.7 Å². The van der Waals surface area contributed by atoms with Crippen LogP contribution in [0.15, 0.2) is 0 Å². The minimum atomic E-state index is -0.628. The summed E-state index contributed by atoms with van der Waals surface area (Å²) in [5.74, 6) is -0.698. The standard InChI is InChI=1S/C9H19N3O2/c1-6(2)8(11)9(14)12-7(13)4-3-5-10/h6,8H,3-5,10-11H2,1-2H3,(H,12,13,14). The lowest BCUT2D eigenvalue weighted by molar-refractivity contribution is -0.131. The molecular formula is C9H19N3O2. The van der Waals surface area contributed by atoms with Crippen molar-refractivity contribution in [3.05, 3.63) is 0 Å². The molecule has 0 aromatic heterocycles. The van der Waals surface area contributed by atoms with Crippen molar-refractivity contribution in [2.45, 2.75) is 32.7 Å². The molecule has 0 aliphatic rings. The van der Waals surface area contributed by atoms with Gasteiger partial charge in [0.15, 0.2) is 0 Å². The van der Waals surface area contributed by atoms with Crippen LogP contribution in [0, 0.1) is 5.92 Å². The van der Waals surface area contributed by atoms with Crippen LogP contribution >= 0.6 is 0 Å². The predicted molar refractivity (Wildman–Crippen MR) is 54.3 cm³/mol. The molecule has 5 N–H and O–H groups in total. The van der Waals surface area contributed by atoms with Crippen molar-refractivity contribution < 1.29 is 9.59 Å². The predicted octanol–water partition coefficient (Wildman–Crippen LogP) is -0.649. The van der Waals surface area contributed by atoms with Gasteiger partial charge in [-0.3, -0.25) is 14.9 Å². The Balaban J connectivity index is 3.87. The molecule has 0 aromatic rings. The van der Waals surface area contributed by atoms with Crippen molar-refractivity contribution >= 4 is 11.8 Å². The van der Waals surface area contributed by atoms with Crippen LogP contribution in [0.4, 0.5) is 0 Å². The number of carbonyl (C=O) groups is 2. The third-order valence-corrected chi connectivity index (χ3v) is 1.89. The quantitative estimate of drug-likeness (QED) is 0.550. The van der Waals surface area contributed by atoms with Crippen molar-refractivity contribution in [1.82, 2.24) is 5.32 Å². The zero-order valence-electron chi connectivity index (χ0n) is 8.75. The second kappa shape index (κ2) is 6.50. The number of nitrogens with one attached hydrogen (secondary N) is 1. The van der Waals surface area contributed by atoms with Gasteiger partial charge >= 0.3 is 0 Å². The summed E-state index contributed by atoms with van der Waals surface area (Å²) in [5, 5.41) is 2.24. The van der Waals surface area contributed by atoms with Crippen LogP contribution in [0.5, 0.6) is 0 Å². The summed E-state index contributed by atoms with van der Waals surface area (Å²) in [7, 11) is 0. The van der Waals surface area contributed by atoms with Crippen molar-refractivity contribution in [1.29, 1.82) is 0 Å². The minimum Gasteiger partial charge on any atom is -0.330 e. The van der Waals surface area contributed by atoms with E-state index in [4.69, 9.17) is 11.5 Å². The molecule has 0 aromatic carbocycles. The average molecular weight is 201 g/mol. The fourth-order valence-electron chi connectivity index (χ4n) is 0.849. The van der Waals surface area contributed by atoms with Crippen LogP contribution in [-0.2, 0) is 9.59 Å². The summed E-state index contributed by atoms with van der Waals surface area (Å²) in [6.45, 7) is 4.10. The van der Waals surface area contributed by atoms with Crippen LogP contribution in [0.3, 0.4) is 0 Å². The van der Waals surface area contributed by atoms with Crippen LogP contribution in [0.2, 0.25) is 0 Å². The van der Waals surface area contributed by atoms with Gasteiger partial charge in [-0.25, -0.2) is 0 Å². The fourth-order valence-corrected chi connectivity index (χ4v) is 0.849. The van der Waals surface area contributed by atoms with E-state index in [0.717, 1.165) is 0 Å². The lowest BCUT2D eigenvalue weighted by atomic mass is 10.1. The number of carbonyl (C=O) groups excluding carboxylic acids is 2. The van der Waals surface area contributed by atoms with Gasteiger partial charge in [0.1, 0.15) is 0 Å². The van der Waals surface area contributed by atoms with Gasteiger partial charge in [0, 0.05) is 6.42 Å². The van der Waals surface area contributed by atoms with E-state index in [1.807, 2.05) is 13.8 Å². The van der Waals surface area contributed by atoms with E-state index in [-0.39, 0.29) is 18.2 Å². The molecule has 82 valence electrons. The lowest BCUT2D eigenvalue weighted by Crippen LogP contribution is -2.46. The maximum Gasteiger partial charge on any atom is 0.243 e. The highest BCUT2D eigenvalue weighted by Crippen LogP contribution is 1.98. The summed E-state index contributed by atoms with van der Waals surface area (Å²) in [6.07, 6.45) is 0.850. The van der Waals surface area contributed by atoms with Gasteiger partial charge in [-0.15, -0.1) is 0 Å². The molecule has 0 heterocycles. The number of amides is 2. The smallest absolute Gasteiger partial charge is 0.243 e. The molecule has 5 nitrogen and oxygen atoms in total. The van der Waals surface area contributed by atoms with Crippen molar-refractivity contribution in [3.8, 4) is 0 Å².